The number of hydrogen-bond donors (Lipinski definition) is 0. The largest absolute Gasteiger partial charge is 0.465 e. The summed E-state index contributed by atoms with van der Waals surface area (Å²) < 4.78 is 19.9. The minimum Gasteiger partial charge on any atom is -0.465 e. The van der Waals surface area contributed by atoms with Gasteiger partial charge >= 0.3 is 18.0 Å². The summed E-state index contributed by atoms with van der Waals surface area (Å²) in [6.45, 7) is 5.58. The van der Waals surface area contributed by atoms with Crippen LogP contribution in [0.3, 0.4) is 0 Å². The van der Waals surface area contributed by atoms with E-state index in [2.05, 4.69) is 9.84 Å². The Bertz CT molecular complexity index is 478. The molecular weight excluding hydrogens is 308 g/mol. The summed E-state index contributed by atoms with van der Waals surface area (Å²) in [5.41, 5.74) is -0.202. The van der Waals surface area contributed by atoms with Crippen LogP contribution in [0.2, 0.25) is 0 Å². The quantitative estimate of drug-likeness (QED) is 0.527. The van der Waals surface area contributed by atoms with Crippen molar-refractivity contribution in [3.05, 3.63) is 0 Å². The average molecular weight is 330 g/mol. The molecule has 0 aromatic carbocycles. The van der Waals surface area contributed by atoms with E-state index in [-0.39, 0.29) is 32.0 Å². The zero-order valence-electron chi connectivity index (χ0n) is 13.7. The minimum atomic E-state index is -0.966. The molecular formula is C14H22N2O7. The Morgan fingerprint density at radius 2 is 1.78 bits per heavy atom. The van der Waals surface area contributed by atoms with Crippen LogP contribution in [0.1, 0.15) is 27.2 Å². The Hall–Kier alpha value is -2.16. The fraction of sp³-hybridized carbons (Fsp3) is 0.714. The highest BCUT2D eigenvalue weighted by Crippen LogP contribution is 2.25. The molecule has 1 rings (SSSR count). The van der Waals surface area contributed by atoms with Gasteiger partial charge in [-0.15, -0.1) is 0 Å². The van der Waals surface area contributed by atoms with Gasteiger partial charge in [-0.3, -0.25) is 4.79 Å². The molecule has 0 fully saturated rings. The number of hydrazone groups is 1. The Kier molecular flexibility index (Phi) is 7.46. The SMILES string of the molecule is CCOC(=O)C1=NN(C(=O)OC)[C@H](OCC)C[C@@H]1C(=O)OCC. The van der Waals surface area contributed by atoms with Gasteiger partial charge in [-0.25, -0.2) is 9.59 Å². The number of hydrogen-bond acceptors (Lipinski definition) is 8. The zero-order chi connectivity index (χ0) is 17.4. The normalized spacial score (nSPS) is 20.5. The molecule has 9 nitrogen and oxygen atoms in total. The number of methoxy groups -OCH3 is 1. The smallest absolute Gasteiger partial charge is 0.432 e. The topological polar surface area (TPSA) is 104 Å². The van der Waals surface area contributed by atoms with E-state index in [0.717, 1.165) is 5.01 Å². The average Bonchev–Trinajstić information content (AvgIpc) is 2.54. The van der Waals surface area contributed by atoms with Crippen molar-refractivity contribution in [2.45, 2.75) is 33.4 Å². The van der Waals surface area contributed by atoms with Crippen LogP contribution in [-0.2, 0) is 28.5 Å². The van der Waals surface area contributed by atoms with E-state index >= 15 is 0 Å². The fourth-order valence-electron chi connectivity index (χ4n) is 2.09. The third kappa shape index (κ3) is 4.65. The number of esters is 2. The van der Waals surface area contributed by atoms with Gasteiger partial charge in [0.05, 0.1) is 20.3 Å². The molecule has 0 aliphatic carbocycles. The number of rotatable bonds is 6. The molecule has 9 heteroatoms. The van der Waals surface area contributed by atoms with Gasteiger partial charge in [-0.2, -0.15) is 10.1 Å². The van der Waals surface area contributed by atoms with Crippen molar-refractivity contribution in [1.29, 1.82) is 0 Å². The number of carbonyl (C=O) groups is 3. The first-order valence-corrected chi connectivity index (χ1v) is 7.41. The molecule has 0 spiro atoms. The lowest BCUT2D eigenvalue weighted by Crippen LogP contribution is -2.49. The van der Waals surface area contributed by atoms with Gasteiger partial charge in [0.25, 0.3) is 0 Å². The molecule has 1 aliphatic rings. The molecule has 130 valence electrons. The summed E-state index contributed by atoms with van der Waals surface area (Å²) in [7, 11) is 1.18. The van der Waals surface area contributed by atoms with Crippen molar-refractivity contribution < 1.29 is 33.3 Å². The van der Waals surface area contributed by atoms with Crippen molar-refractivity contribution in [3.8, 4) is 0 Å². The molecule has 0 radical (unpaired) electrons. The summed E-state index contributed by atoms with van der Waals surface area (Å²) >= 11 is 0. The molecule has 23 heavy (non-hydrogen) atoms. The van der Waals surface area contributed by atoms with Gasteiger partial charge in [0.15, 0.2) is 11.9 Å². The number of nitrogens with zero attached hydrogens (tertiary/aromatic N) is 2. The lowest BCUT2D eigenvalue weighted by molar-refractivity contribution is -0.151. The van der Waals surface area contributed by atoms with Crippen LogP contribution in [0.15, 0.2) is 5.10 Å². The molecule has 1 heterocycles. The van der Waals surface area contributed by atoms with Crippen molar-refractivity contribution in [2.75, 3.05) is 26.9 Å². The van der Waals surface area contributed by atoms with Crippen molar-refractivity contribution >= 4 is 23.7 Å². The highest BCUT2D eigenvalue weighted by molar-refractivity contribution is 6.40. The lowest BCUT2D eigenvalue weighted by Gasteiger charge is -2.33. The maximum Gasteiger partial charge on any atom is 0.432 e. The van der Waals surface area contributed by atoms with Crippen LogP contribution in [-0.4, -0.2) is 61.9 Å². The summed E-state index contributed by atoms with van der Waals surface area (Å²) in [6.07, 6.45) is -1.60. The van der Waals surface area contributed by atoms with Gasteiger partial charge in [0, 0.05) is 13.0 Å². The second-order valence-electron chi connectivity index (χ2n) is 4.47. The van der Waals surface area contributed by atoms with Gasteiger partial charge in [-0.1, -0.05) is 0 Å². The maximum atomic E-state index is 12.1. The van der Waals surface area contributed by atoms with Crippen LogP contribution in [0, 0.1) is 5.92 Å². The number of carbonyl (C=O) groups excluding carboxylic acids is 3. The highest BCUT2D eigenvalue weighted by Gasteiger charge is 2.42. The fourth-order valence-corrected chi connectivity index (χ4v) is 2.09. The Morgan fingerprint density at radius 1 is 1.13 bits per heavy atom. The molecule has 1 aliphatic heterocycles. The first kappa shape index (κ1) is 18.9. The van der Waals surface area contributed by atoms with Crippen molar-refractivity contribution in [2.24, 2.45) is 11.0 Å². The van der Waals surface area contributed by atoms with Crippen LogP contribution >= 0.6 is 0 Å². The van der Waals surface area contributed by atoms with Gasteiger partial charge in [-0.05, 0) is 20.8 Å². The van der Waals surface area contributed by atoms with Crippen LogP contribution in [0.4, 0.5) is 4.79 Å². The van der Waals surface area contributed by atoms with E-state index < -0.39 is 30.2 Å². The zero-order valence-corrected chi connectivity index (χ0v) is 13.7. The van der Waals surface area contributed by atoms with E-state index in [1.54, 1.807) is 20.8 Å². The standard InChI is InChI=1S/C14H22N2O7/c1-5-21-10-8-9(12(17)22-6-2)11(13(18)23-7-3)15-16(10)14(19)20-4/h9-10H,5-8H2,1-4H3/t9-,10+/m0/s1. The summed E-state index contributed by atoms with van der Waals surface area (Å²) in [5, 5.41) is 4.83. The molecule has 1 amide bonds. The minimum absolute atomic E-state index is 0.0272. The first-order valence-electron chi connectivity index (χ1n) is 7.41. The van der Waals surface area contributed by atoms with E-state index in [9.17, 15) is 14.4 Å². The van der Waals surface area contributed by atoms with E-state index in [0.29, 0.717) is 0 Å². The van der Waals surface area contributed by atoms with E-state index in [1.165, 1.54) is 7.11 Å². The summed E-state index contributed by atoms with van der Waals surface area (Å²) in [6, 6.07) is 0. The molecule has 0 bridgehead atoms. The Balaban J connectivity index is 3.20. The Morgan fingerprint density at radius 3 is 2.30 bits per heavy atom. The maximum absolute atomic E-state index is 12.1. The van der Waals surface area contributed by atoms with E-state index in [4.69, 9.17) is 14.2 Å². The van der Waals surface area contributed by atoms with Gasteiger partial charge in [0.2, 0.25) is 0 Å². The molecule has 2 atom stereocenters. The van der Waals surface area contributed by atoms with Crippen LogP contribution in [0.5, 0.6) is 0 Å². The first-order chi connectivity index (χ1) is 11.0. The lowest BCUT2D eigenvalue weighted by atomic mass is 9.96. The summed E-state index contributed by atoms with van der Waals surface area (Å²) in [5.74, 6) is -2.37. The number of ether oxygens (including phenoxy) is 4. The van der Waals surface area contributed by atoms with Crippen LogP contribution in [0.25, 0.3) is 0 Å². The third-order valence-electron chi connectivity index (χ3n) is 3.03. The van der Waals surface area contributed by atoms with Crippen molar-refractivity contribution in [1.82, 2.24) is 5.01 Å². The Labute approximate surface area is 134 Å². The number of amides is 1. The van der Waals surface area contributed by atoms with Gasteiger partial charge < -0.3 is 18.9 Å². The molecule has 0 aromatic rings. The highest BCUT2D eigenvalue weighted by atomic mass is 16.6. The predicted molar refractivity (Wildman–Crippen MR) is 78.5 cm³/mol. The monoisotopic (exact) mass is 330 g/mol. The van der Waals surface area contributed by atoms with Crippen molar-refractivity contribution in [3.63, 3.8) is 0 Å². The molecule has 0 aromatic heterocycles. The van der Waals surface area contributed by atoms with E-state index in [1.807, 2.05) is 0 Å². The summed E-state index contributed by atoms with van der Waals surface area (Å²) in [4.78, 5) is 36.0. The van der Waals surface area contributed by atoms with Gasteiger partial charge in [0.1, 0.15) is 5.92 Å². The molecule has 0 N–H and O–H groups in total. The second kappa shape index (κ2) is 9.09. The molecule has 0 saturated heterocycles. The van der Waals surface area contributed by atoms with Crippen LogP contribution < -0.4 is 0 Å². The third-order valence-corrected chi connectivity index (χ3v) is 3.03. The second-order valence-corrected chi connectivity index (χ2v) is 4.47. The molecule has 0 unspecified atom stereocenters. The predicted octanol–water partition coefficient (Wildman–Crippen LogP) is 0.919. The molecule has 0 saturated carbocycles.